The molecule has 0 aliphatic carbocycles. The van der Waals surface area contributed by atoms with Gasteiger partial charge in [-0.1, -0.05) is 12.2 Å². The average molecular weight is 156 g/mol. The second-order valence-corrected chi connectivity index (χ2v) is 2.31. The maximum Gasteiger partial charge on any atom is 0.174 e. The van der Waals surface area contributed by atoms with Gasteiger partial charge in [0, 0.05) is 0 Å². The normalized spacial score (nSPS) is 9.40. The third-order valence-electron chi connectivity index (χ3n) is 1.21. The second-order valence-electron chi connectivity index (χ2n) is 1.87. The van der Waals surface area contributed by atoms with Gasteiger partial charge in [0.2, 0.25) is 0 Å². The van der Waals surface area contributed by atoms with Crippen LogP contribution in [0.4, 0.5) is 0 Å². The van der Waals surface area contributed by atoms with E-state index in [1.165, 1.54) is 0 Å². The zero-order chi connectivity index (χ0) is 7.56. The third kappa shape index (κ3) is 1.19. The van der Waals surface area contributed by atoms with E-state index in [9.17, 15) is 0 Å². The van der Waals surface area contributed by atoms with Crippen LogP contribution in [-0.2, 0) is 0 Å². The Kier molecular flexibility index (Phi) is 2.06. The van der Waals surface area contributed by atoms with Crippen molar-refractivity contribution in [3.8, 4) is 5.75 Å². The molecule has 0 fully saturated rings. The largest absolute Gasteiger partial charge is 0.492 e. The third-order valence-corrected chi connectivity index (χ3v) is 1.53. The molecule has 0 atom stereocenters. The van der Waals surface area contributed by atoms with Crippen molar-refractivity contribution in [1.82, 2.24) is 0 Å². The first kappa shape index (κ1) is 7.28. The molecule has 1 rings (SSSR count). The fourth-order valence-corrected chi connectivity index (χ4v) is 1.03. The molecule has 0 bridgehead atoms. The summed E-state index contributed by atoms with van der Waals surface area (Å²) >= 11 is 4.95. The Labute approximate surface area is 64.4 Å². The molecule has 3 heteroatoms. The first-order chi connectivity index (χ1) is 4.75. The molecule has 0 aliphatic rings. The Morgan fingerprint density at radius 2 is 2.30 bits per heavy atom. The molecule has 0 aliphatic heterocycles. The van der Waals surface area contributed by atoms with Gasteiger partial charge in [0.25, 0.3) is 0 Å². The monoisotopic (exact) mass is 156 g/mol. The Hall–Kier alpha value is -0.830. The van der Waals surface area contributed by atoms with Crippen LogP contribution < -0.4 is 4.74 Å². The average Bonchev–Trinajstić information content (AvgIpc) is 1.88. The van der Waals surface area contributed by atoms with Crippen molar-refractivity contribution >= 4 is 12.2 Å². The summed E-state index contributed by atoms with van der Waals surface area (Å²) in [7, 11) is 1.58. The van der Waals surface area contributed by atoms with E-state index < -0.39 is 0 Å². The first-order valence-electron chi connectivity index (χ1n) is 2.88. The summed E-state index contributed by atoms with van der Waals surface area (Å²) in [5.41, 5.74) is 0. The van der Waals surface area contributed by atoms with E-state index in [2.05, 4.69) is 0 Å². The molecule has 0 N–H and O–H groups in total. The zero-order valence-corrected chi connectivity index (χ0v) is 6.70. The summed E-state index contributed by atoms with van der Waals surface area (Å²) in [6.45, 7) is 1.81. The van der Waals surface area contributed by atoms with Crippen LogP contribution in [0.3, 0.4) is 0 Å². The summed E-state index contributed by atoms with van der Waals surface area (Å²) in [5, 5.41) is 0. The lowest BCUT2D eigenvalue weighted by molar-refractivity contribution is 0.378. The minimum Gasteiger partial charge on any atom is -0.492 e. The van der Waals surface area contributed by atoms with Crippen LogP contribution in [0.2, 0.25) is 0 Å². The molecule has 0 radical (unpaired) electrons. The first-order valence-corrected chi connectivity index (χ1v) is 3.29. The summed E-state index contributed by atoms with van der Waals surface area (Å²) in [5.74, 6) is 1.37. The van der Waals surface area contributed by atoms with Crippen molar-refractivity contribution < 1.29 is 9.15 Å². The van der Waals surface area contributed by atoms with Gasteiger partial charge in [-0.05, 0) is 13.0 Å². The molecule has 0 amide bonds. The fraction of sp³-hybridized carbons (Fsp3) is 0.286. The second kappa shape index (κ2) is 2.84. The van der Waals surface area contributed by atoms with Gasteiger partial charge in [0.05, 0.1) is 17.9 Å². The number of aryl methyl sites for hydroxylation is 1. The molecule has 0 saturated heterocycles. The Morgan fingerprint density at radius 1 is 1.60 bits per heavy atom. The van der Waals surface area contributed by atoms with Gasteiger partial charge >= 0.3 is 0 Å². The lowest BCUT2D eigenvalue weighted by Gasteiger charge is -2.00. The maximum absolute atomic E-state index is 5.04. The molecule has 1 heterocycles. The number of hydrogen-bond acceptors (Lipinski definition) is 3. The molecular weight excluding hydrogens is 148 g/mol. The quantitative estimate of drug-likeness (QED) is 0.583. The smallest absolute Gasteiger partial charge is 0.174 e. The van der Waals surface area contributed by atoms with E-state index >= 15 is 0 Å². The van der Waals surface area contributed by atoms with E-state index in [0.717, 1.165) is 5.76 Å². The molecule has 0 unspecified atom stereocenters. The van der Waals surface area contributed by atoms with Crippen molar-refractivity contribution in [3.63, 3.8) is 0 Å². The Morgan fingerprint density at radius 3 is 2.70 bits per heavy atom. The Balaban J connectivity index is 3.31. The number of ether oxygens (including phenoxy) is 1. The van der Waals surface area contributed by atoms with E-state index in [-0.39, 0.29) is 0 Å². The van der Waals surface area contributed by atoms with Gasteiger partial charge in [0.15, 0.2) is 5.75 Å². The van der Waals surface area contributed by atoms with Crippen LogP contribution in [0.25, 0.3) is 0 Å². The molecule has 0 aromatic carbocycles. The predicted octanol–water partition coefficient (Wildman–Crippen LogP) is 2.33. The maximum atomic E-state index is 5.04. The Bertz CT molecular complexity index is 277. The van der Waals surface area contributed by atoms with Crippen LogP contribution in [-0.4, -0.2) is 7.11 Å². The van der Waals surface area contributed by atoms with Crippen molar-refractivity contribution in [1.29, 1.82) is 0 Å². The topological polar surface area (TPSA) is 22.4 Å². The molecule has 0 saturated carbocycles. The molecule has 54 valence electrons. The van der Waals surface area contributed by atoms with Gasteiger partial charge in [-0.2, -0.15) is 0 Å². The van der Waals surface area contributed by atoms with Crippen LogP contribution in [0.1, 0.15) is 5.76 Å². The number of methoxy groups -OCH3 is 1. The SMILES string of the molecule is COc1c(C)occc1=S. The lowest BCUT2D eigenvalue weighted by Crippen LogP contribution is -1.86. The molecule has 2 nitrogen and oxygen atoms in total. The number of rotatable bonds is 1. The molecule has 10 heavy (non-hydrogen) atoms. The van der Waals surface area contributed by atoms with Crippen molar-refractivity contribution in [2.24, 2.45) is 0 Å². The summed E-state index contributed by atoms with van der Waals surface area (Å²) in [6, 6.07) is 1.70. The highest BCUT2D eigenvalue weighted by Crippen LogP contribution is 2.17. The molecule has 1 aromatic rings. The van der Waals surface area contributed by atoms with Crippen molar-refractivity contribution in [3.05, 3.63) is 22.6 Å². The van der Waals surface area contributed by atoms with Crippen molar-refractivity contribution in [2.75, 3.05) is 7.11 Å². The van der Waals surface area contributed by atoms with Crippen LogP contribution in [0.5, 0.6) is 5.75 Å². The highest BCUT2D eigenvalue weighted by Gasteiger charge is 1.99. The van der Waals surface area contributed by atoms with E-state index in [4.69, 9.17) is 21.4 Å². The van der Waals surface area contributed by atoms with Gasteiger partial charge in [-0.3, -0.25) is 0 Å². The highest BCUT2D eigenvalue weighted by molar-refractivity contribution is 7.71. The van der Waals surface area contributed by atoms with E-state index in [0.29, 0.717) is 10.3 Å². The van der Waals surface area contributed by atoms with Gasteiger partial charge in [-0.15, -0.1) is 0 Å². The van der Waals surface area contributed by atoms with E-state index in [1.54, 1.807) is 19.4 Å². The minimum absolute atomic E-state index is 0.650. The van der Waals surface area contributed by atoms with Gasteiger partial charge in [-0.25, -0.2) is 0 Å². The standard InChI is InChI=1S/C7H8O2S/c1-5-7(8-2)6(10)3-4-9-5/h3-4H,1-2H3. The summed E-state index contributed by atoms with van der Waals surface area (Å²) in [4.78, 5) is 0. The number of hydrogen-bond donors (Lipinski definition) is 0. The van der Waals surface area contributed by atoms with Gasteiger partial charge < -0.3 is 9.15 Å². The lowest BCUT2D eigenvalue weighted by atomic mass is 10.4. The fourth-order valence-electron chi connectivity index (χ4n) is 0.745. The minimum atomic E-state index is 0.650. The molecule has 0 spiro atoms. The van der Waals surface area contributed by atoms with Gasteiger partial charge in [0.1, 0.15) is 5.76 Å². The summed E-state index contributed by atoms with van der Waals surface area (Å²) < 4.78 is 10.7. The molecule has 1 aromatic heterocycles. The summed E-state index contributed by atoms with van der Waals surface area (Å²) in [6.07, 6.45) is 1.56. The van der Waals surface area contributed by atoms with E-state index in [1.807, 2.05) is 6.92 Å². The highest BCUT2D eigenvalue weighted by atomic mass is 32.1. The zero-order valence-electron chi connectivity index (χ0n) is 5.88. The van der Waals surface area contributed by atoms with Crippen LogP contribution in [0.15, 0.2) is 16.7 Å². The predicted molar refractivity (Wildman–Crippen MR) is 40.8 cm³/mol. The molecular formula is C7H8O2S. The van der Waals surface area contributed by atoms with Crippen LogP contribution >= 0.6 is 12.2 Å². The van der Waals surface area contributed by atoms with Crippen LogP contribution in [0, 0.1) is 11.4 Å². The van der Waals surface area contributed by atoms with Crippen molar-refractivity contribution in [2.45, 2.75) is 6.92 Å².